The third-order valence-electron chi connectivity index (χ3n) is 5.66. The summed E-state index contributed by atoms with van der Waals surface area (Å²) >= 11 is 0. The minimum absolute atomic E-state index is 0.464. The standard InChI is InChI=1S/C19H38N2/c1-6-20-18-16(8-7-12-19(18,4)5)14-21(17-9-10-17)13-11-15(2)3/h15-18,20H,6-14H2,1-5H3. The van der Waals surface area contributed by atoms with Crippen molar-refractivity contribution < 1.29 is 0 Å². The summed E-state index contributed by atoms with van der Waals surface area (Å²) in [7, 11) is 0. The second-order valence-corrected chi connectivity index (χ2v) is 8.58. The van der Waals surface area contributed by atoms with E-state index in [0.717, 1.165) is 24.4 Å². The quantitative estimate of drug-likeness (QED) is 0.718. The molecule has 0 aromatic carbocycles. The van der Waals surface area contributed by atoms with Crippen molar-refractivity contribution >= 4 is 0 Å². The van der Waals surface area contributed by atoms with Gasteiger partial charge in [-0.1, -0.05) is 41.0 Å². The van der Waals surface area contributed by atoms with Gasteiger partial charge in [0.1, 0.15) is 0 Å². The van der Waals surface area contributed by atoms with Crippen LogP contribution < -0.4 is 5.32 Å². The fourth-order valence-electron chi connectivity index (χ4n) is 4.23. The zero-order valence-electron chi connectivity index (χ0n) is 15.1. The lowest BCUT2D eigenvalue weighted by Crippen LogP contribution is -2.53. The third-order valence-corrected chi connectivity index (χ3v) is 5.66. The van der Waals surface area contributed by atoms with Gasteiger partial charge < -0.3 is 10.2 Å². The largest absolute Gasteiger partial charge is 0.313 e. The predicted molar refractivity (Wildman–Crippen MR) is 92.6 cm³/mol. The van der Waals surface area contributed by atoms with E-state index < -0.39 is 0 Å². The Bertz CT molecular complexity index is 307. The average molecular weight is 295 g/mol. The van der Waals surface area contributed by atoms with E-state index in [0.29, 0.717) is 11.5 Å². The van der Waals surface area contributed by atoms with Crippen molar-refractivity contribution in [3.8, 4) is 0 Å². The van der Waals surface area contributed by atoms with Gasteiger partial charge in [0.15, 0.2) is 0 Å². The van der Waals surface area contributed by atoms with Crippen molar-refractivity contribution in [3.05, 3.63) is 0 Å². The summed E-state index contributed by atoms with van der Waals surface area (Å²) in [5, 5.41) is 3.83. The van der Waals surface area contributed by atoms with Crippen LogP contribution >= 0.6 is 0 Å². The van der Waals surface area contributed by atoms with E-state index in [4.69, 9.17) is 0 Å². The van der Waals surface area contributed by atoms with Crippen molar-refractivity contribution in [2.24, 2.45) is 17.3 Å². The predicted octanol–water partition coefficient (Wildman–Crippen LogP) is 4.30. The summed E-state index contributed by atoms with van der Waals surface area (Å²) in [6, 6.07) is 1.62. The first-order valence-corrected chi connectivity index (χ1v) is 9.41. The first-order valence-electron chi connectivity index (χ1n) is 9.41. The normalized spacial score (nSPS) is 29.3. The molecule has 0 bridgehead atoms. The van der Waals surface area contributed by atoms with Crippen molar-refractivity contribution in [3.63, 3.8) is 0 Å². The second-order valence-electron chi connectivity index (χ2n) is 8.58. The van der Waals surface area contributed by atoms with Gasteiger partial charge in [0.2, 0.25) is 0 Å². The zero-order valence-corrected chi connectivity index (χ0v) is 15.1. The maximum Gasteiger partial charge on any atom is 0.0159 e. The Hall–Kier alpha value is -0.0800. The number of hydrogen-bond donors (Lipinski definition) is 1. The lowest BCUT2D eigenvalue weighted by molar-refractivity contribution is 0.0757. The van der Waals surface area contributed by atoms with Gasteiger partial charge in [-0.3, -0.25) is 0 Å². The van der Waals surface area contributed by atoms with Crippen LogP contribution in [0.15, 0.2) is 0 Å². The van der Waals surface area contributed by atoms with Gasteiger partial charge in [-0.25, -0.2) is 0 Å². The van der Waals surface area contributed by atoms with E-state index in [1.807, 2.05) is 0 Å². The molecule has 2 heteroatoms. The van der Waals surface area contributed by atoms with Crippen LogP contribution in [0.1, 0.15) is 73.1 Å². The summed E-state index contributed by atoms with van der Waals surface area (Å²) in [4.78, 5) is 2.83. The maximum atomic E-state index is 3.83. The summed E-state index contributed by atoms with van der Waals surface area (Å²) < 4.78 is 0. The van der Waals surface area contributed by atoms with Crippen LogP contribution in [0.4, 0.5) is 0 Å². The first kappa shape index (κ1) is 17.3. The molecule has 2 aliphatic rings. The number of nitrogens with zero attached hydrogens (tertiary/aromatic N) is 1. The highest BCUT2D eigenvalue weighted by atomic mass is 15.2. The molecule has 2 rings (SSSR count). The molecule has 0 amide bonds. The van der Waals surface area contributed by atoms with Crippen LogP contribution in [0.3, 0.4) is 0 Å². The first-order chi connectivity index (χ1) is 9.94. The highest BCUT2D eigenvalue weighted by Gasteiger charge is 2.40. The molecule has 2 saturated carbocycles. The Labute approximate surface area is 133 Å². The van der Waals surface area contributed by atoms with Crippen LogP contribution in [0.2, 0.25) is 0 Å². The van der Waals surface area contributed by atoms with Gasteiger partial charge in [-0.2, -0.15) is 0 Å². The van der Waals surface area contributed by atoms with Gasteiger partial charge in [0.05, 0.1) is 0 Å². The van der Waals surface area contributed by atoms with Crippen LogP contribution in [0, 0.1) is 17.3 Å². The summed E-state index contributed by atoms with van der Waals surface area (Å²) in [6.45, 7) is 15.7. The molecule has 2 nitrogen and oxygen atoms in total. The highest BCUT2D eigenvalue weighted by molar-refractivity contribution is 4.96. The Morgan fingerprint density at radius 1 is 1.19 bits per heavy atom. The molecule has 21 heavy (non-hydrogen) atoms. The number of hydrogen-bond acceptors (Lipinski definition) is 2. The van der Waals surface area contributed by atoms with Gasteiger partial charge >= 0.3 is 0 Å². The lowest BCUT2D eigenvalue weighted by atomic mass is 9.67. The monoisotopic (exact) mass is 294 g/mol. The molecule has 1 N–H and O–H groups in total. The highest BCUT2D eigenvalue weighted by Crippen LogP contribution is 2.40. The molecule has 2 unspecified atom stereocenters. The number of nitrogens with one attached hydrogen (secondary N) is 1. The zero-order chi connectivity index (χ0) is 15.5. The molecular formula is C19H38N2. The minimum atomic E-state index is 0.464. The van der Waals surface area contributed by atoms with E-state index in [1.165, 1.54) is 51.6 Å². The van der Waals surface area contributed by atoms with Crippen molar-refractivity contribution in [1.82, 2.24) is 10.2 Å². The van der Waals surface area contributed by atoms with Crippen molar-refractivity contribution in [2.45, 2.75) is 85.2 Å². The second kappa shape index (κ2) is 7.46. The van der Waals surface area contributed by atoms with E-state index in [9.17, 15) is 0 Å². The molecule has 2 fully saturated rings. The van der Waals surface area contributed by atoms with E-state index >= 15 is 0 Å². The lowest BCUT2D eigenvalue weighted by Gasteiger charge is -2.46. The molecule has 0 saturated heterocycles. The summed E-state index contributed by atoms with van der Waals surface area (Å²) in [5.74, 6) is 1.68. The SMILES string of the molecule is CCNC1C(CN(CCC(C)C)C2CC2)CCCC1(C)C. The van der Waals surface area contributed by atoms with Gasteiger partial charge in [-0.15, -0.1) is 0 Å². The van der Waals surface area contributed by atoms with E-state index in [-0.39, 0.29) is 0 Å². The topological polar surface area (TPSA) is 15.3 Å². The molecule has 0 spiro atoms. The van der Waals surface area contributed by atoms with Crippen LogP contribution in [-0.2, 0) is 0 Å². The van der Waals surface area contributed by atoms with Gasteiger partial charge in [0.25, 0.3) is 0 Å². The van der Waals surface area contributed by atoms with E-state index in [2.05, 4.69) is 44.8 Å². The van der Waals surface area contributed by atoms with E-state index in [1.54, 1.807) is 0 Å². The fourth-order valence-corrected chi connectivity index (χ4v) is 4.23. The van der Waals surface area contributed by atoms with Crippen LogP contribution in [0.5, 0.6) is 0 Å². The summed E-state index contributed by atoms with van der Waals surface area (Å²) in [6.07, 6.45) is 8.48. The molecule has 0 aromatic heterocycles. The molecule has 0 heterocycles. The molecule has 0 aliphatic heterocycles. The molecule has 124 valence electrons. The molecule has 2 aliphatic carbocycles. The smallest absolute Gasteiger partial charge is 0.0159 e. The fraction of sp³-hybridized carbons (Fsp3) is 1.00. The maximum absolute atomic E-state index is 3.83. The Morgan fingerprint density at radius 3 is 2.48 bits per heavy atom. The Kier molecular flexibility index (Phi) is 6.14. The van der Waals surface area contributed by atoms with Crippen LogP contribution in [0.25, 0.3) is 0 Å². The molecular weight excluding hydrogens is 256 g/mol. The number of rotatable bonds is 8. The van der Waals surface area contributed by atoms with Crippen molar-refractivity contribution in [1.29, 1.82) is 0 Å². The molecule has 0 radical (unpaired) electrons. The third kappa shape index (κ3) is 4.96. The summed E-state index contributed by atoms with van der Waals surface area (Å²) in [5.41, 5.74) is 0.464. The Morgan fingerprint density at radius 2 is 1.90 bits per heavy atom. The van der Waals surface area contributed by atoms with Gasteiger partial charge in [0, 0.05) is 18.6 Å². The Balaban J connectivity index is 1.96. The molecule has 0 aromatic rings. The molecule has 2 atom stereocenters. The minimum Gasteiger partial charge on any atom is -0.313 e. The average Bonchev–Trinajstić information content (AvgIpc) is 3.22. The van der Waals surface area contributed by atoms with Gasteiger partial charge in [-0.05, 0) is 62.4 Å². The van der Waals surface area contributed by atoms with Crippen LogP contribution in [-0.4, -0.2) is 36.6 Å². The van der Waals surface area contributed by atoms with Crippen molar-refractivity contribution in [2.75, 3.05) is 19.6 Å².